The second kappa shape index (κ2) is 30.2. The maximum absolute atomic E-state index is 12.7. The smallest absolute Gasteiger partial charge is 0.187 e. The predicted octanol–water partition coefficient (Wildman–Crippen LogP) is -7.36. The molecule has 11 aliphatic rings. The van der Waals surface area contributed by atoms with Gasteiger partial charge in [0.15, 0.2) is 43.5 Å². The first-order valence-corrected chi connectivity index (χ1v) is 34.0. The maximum Gasteiger partial charge on any atom is 0.187 e. The third-order valence-corrected chi connectivity index (χ3v) is 23.7. The highest BCUT2D eigenvalue weighted by Crippen LogP contribution is 2.70. The number of fused-ring (bicyclic) bond motifs is 7. The summed E-state index contributed by atoms with van der Waals surface area (Å²) in [7, 11) is 0. The van der Waals surface area contributed by atoms with Crippen molar-refractivity contribution in [1.29, 1.82) is 0 Å². The highest BCUT2D eigenvalue weighted by molar-refractivity contribution is 5.26. The Morgan fingerprint density at radius 3 is 1.52 bits per heavy atom. The zero-order valence-electron chi connectivity index (χ0n) is 54.4. The minimum Gasteiger partial charge on any atom is -0.394 e. The summed E-state index contributed by atoms with van der Waals surface area (Å²) in [5.74, 6) is -0.847. The molecule has 41 atom stereocenters. The molecule has 7 saturated heterocycles. The van der Waals surface area contributed by atoms with Crippen LogP contribution < -0.4 is 0 Å². The van der Waals surface area contributed by atoms with Crippen LogP contribution in [0.25, 0.3) is 0 Å². The zero-order valence-corrected chi connectivity index (χ0v) is 54.4. The van der Waals surface area contributed by atoms with Crippen molar-refractivity contribution >= 4 is 0 Å². The summed E-state index contributed by atoms with van der Waals surface area (Å²) in [4.78, 5) is 0. The second-order valence-corrected chi connectivity index (χ2v) is 29.4. The molecule has 20 N–H and O–H groups in total. The first-order valence-electron chi connectivity index (χ1n) is 34.0. The van der Waals surface area contributed by atoms with Crippen LogP contribution in [0.4, 0.5) is 0 Å². The Morgan fingerprint density at radius 2 is 0.948 bits per heavy atom. The van der Waals surface area contributed by atoms with Crippen LogP contribution in [0.5, 0.6) is 0 Å². The van der Waals surface area contributed by atoms with Gasteiger partial charge in [-0.3, -0.25) is 0 Å². The van der Waals surface area contributed by atoms with Crippen molar-refractivity contribution in [1.82, 2.24) is 0 Å². The summed E-state index contributed by atoms with van der Waals surface area (Å²) >= 11 is 0. The van der Waals surface area contributed by atoms with E-state index in [0.717, 1.165) is 31.3 Å². The van der Waals surface area contributed by atoms with E-state index in [1.165, 1.54) is 6.92 Å². The summed E-state index contributed by atoms with van der Waals surface area (Å²) in [6, 6.07) is 0. The highest BCUT2D eigenvalue weighted by Gasteiger charge is 2.68. The van der Waals surface area contributed by atoms with E-state index in [-0.39, 0.29) is 59.0 Å². The topological polar surface area (TPSA) is 525 Å². The van der Waals surface area contributed by atoms with Gasteiger partial charge in [-0.2, -0.15) is 0 Å². The molecule has 33 heteroatoms. The lowest BCUT2D eigenvalue weighted by atomic mass is 9.47. The van der Waals surface area contributed by atoms with E-state index in [1.54, 1.807) is 0 Å². The first kappa shape index (κ1) is 75.6. The Kier molecular flexibility index (Phi) is 23.8. The van der Waals surface area contributed by atoms with Gasteiger partial charge in [-0.1, -0.05) is 39.3 Å². The molecular formula is C63H104O33. The van der Waals surface area contributed by atoms with E-state index in [4.69, 9.17) is 61.6 Å². The number of ether oxygens (including phenoxy) is 13. The van der Waals surface area contributed by atoms with Crippen molar-refractivity contribution in [3.63, 3.8) is 0 Å². The Bertz CT molecular complexity index is 2560. The fourth-order valence-electron chi connectivity index (χ4n) is 18.0. The number of allylic oxidation sites excluding steroid dienone is 1. The SMILES string of the molecule is CC(CCC1(O)O[C@H]2C[C@H]3[C@@H]4CC=C5C[C@@H](O[C@@H]6O[C@H](CO)[C@@H](O[C@@H]7O[C@H](CO)[C@@H](O)[C@H](O)[C@H]7O[C@@H]7O[C@H](CO)[C@@H](O)[C@H](O)[C@H]7O)[C@H](O)[C@H]6O[C@@H]6O[C@H](C)[C@@H](OC7O[C@H](CO)[C@@H](O)[C@H](O)[C@H]7O)[C@H](O)[C@@H]6O)CC[C@]5(C)[C@H]4CC[C@]3(C)[C@H]2[C@@H]1C)CO[C@@H]1O[C@H](CO)[C@@H](O)[C@H](O)[C@H]1O. The highest BCUT2D eigenvalue weighted by atomic mass is 16.8. The summed E-state index contributed by atoms with van der Waals surface area (Å²) in [5.41, 5.74) is 0.711. The Balaban J connectivity index is 0.789. The largest absolute Gasteiger partial charge is 0.394 e. The van der Waals surface area contributed by atoms with Gasteiger partial charge in [0.2, 0.25) is 0 Å². The molecular weight excluding hydrogens is 1280 g/mol. The molecule has 554 valence electrons. The molecule has 7 heterocycles. The molecule has 0 radical (unpaired) electrons. The van der Waals surface area contributed by atoms with Gasteiger partial charge in [-0.15, -0.1) is 0 Å². The summed E-state index contributed by atoms with van der Waals surface area (Å²) in [5, 5.41) is 216. The normalized spacial score (nSPS) is 54.8. The molecule has 0 aromatic carbocycles. The second-order valence-electron chi connectivity index (χ2n) is 29.4. The average Bonchev–Trinajstić information content (AvgIpc) is 1.51. The van der Waals surface area contributed by atoms with Crippen molar-refractivity contribution < 1.29 is 164 Å². The predicted molar refractivity (Wildman–Crippen MR) is 315 cm³/mol. The van der Waals surface area contributed by atoms with Crippen LogP contribution in [0.15, 0.2) is 11.6 Å². The molecule has 10 fully saturated rings. The molecule has 3 unspecified atom stereocenters. The van der Waals surface area contributed by atoms with Crippen molar-refractivity contribution in [2.45, 2.75) is 295 Å². The van der Waals surface area contributed by atoms with Gasteiger partial charge in [-0.05, 0) is 98.7 Å². The molecule has 0 bridgehead atoms. The number of hydrogen-bond acceptors (Lipinski definition) is 33. The third kappa shape index (κ3) is 13.9. The molecule has 11 rings (SSSR count). The van der Waals surface area contributed by atoms with Crippen molar-refractivity contribution in [2.75, 3.05) is 39.6 Å². The van der Waals surface area contributed by atoms with Crippen molar-refractivity contribution in [3.05, 3.63) is 11.6 Å². The van der Waals surface area contributed by atoms with E-state index in [1.807, 2.05) is 6.92 Å². The Labute approximate surface area is 554 Å². The van der Waals surface area contributed by atoms with E-state index in [2.05, 4.69) is 26.8 Å². The van der Waals surface area contributed by atoms with Gasteiger partial charge < -0.3 is 164 Å². The zero-order chi connectivity index (χ0) is 69.5. The summed E-state index contributed by atoms with van der Waals surface area (Å²) in [6.45, 7) is 6.05. The van der Waals surface area contributed by atoms with E-state index < -0.39 is 229 Å². The molecule has 0 aromatic rings. The number of rotatable bonds is 21. The standard InChI is InChI=1S/C63H104O33/c1-22(21-84-55-46(78)41(73)37(69)31(16-64)87-55)8-13-63(83)23(2)36-30(96-63)15-29-27-7-6-25-14-26(9-11-61(25,4)28(27)10-12-62(29,36)5)86-59-54(95-56-49(81)45(77)51(24(3)85-56)92-57-47(79)42(74)38(70)32(17-65)88-57)50(82)52(35(20-68)91-59)93-60-53(44(76)40(72)34(19-67)90-60)94-58-48(80)43(75)39(71)33(18-66)89-58/h6,22-24,26-60,64-83H,7-21H2,1-5H3/t22?,23-,24+,26-,27+,28-,29-,30-,31+,32+,33+,34+,35+,36-,37+,38+,39+,40+,41-,42-,43-,44-,45+,46+,47+,48+,49-,50-,51+,52+,53+,54+,55+,56-,57?,58-,59+,60-,61-,62-,63?/m0/s1. The van der Waals surface area contributed by atoms with Crippen LogP contribution >= 0.6 is 0 Å². The monoisotopic (exact) mass is 1390 g/mol. The number of aliphatic hydroxyl groups is 20. The average molecular weight is 1390 g/mol. The fourth-order valence-corrected chi connectivity index (χ4v) is 18.0. The van der Waals surface area contributed by atoms with Gasteiger partial charge >= 0.3 is 0 Å². The van der Waals surface area contributed by atoms with Crippen molar-refractivity contribution in [2.24, 2.45) is 46.3 Å². The van der Waals surface area contributed by atoms with E-state index >= 15 is 0 Å². The molecule has 0 spiro atoms. The summed E-state index contributed by atoms with van der Waals surface area (Å²) in [6.07, 6.45) is -44.7. The Morgan fingerprint density at radius 1 is 0.490 bits per heavy atom. The van der Waals surface area contributed by atoms with Gasteiger partial charge in [0, 0.05) is 12.3 Å². The lowest BCUT2D eigenvalue weighted by Gasteiger charge is -2.58. The van der Waals surface area contributed by atoms with E-state index in [9.17, 15) is 102 Å². The first-order chi connectivity index (χ1) is 45.5. The maximum atomic E-state index is 12.7. The fraction of sp³-hybridized carbons (Fsp3) is 0.968. The third-order valence-electron chi connectivity index (χ3n) is 23.7. The van der Waals surface area contributed by atoms with Gasteiger partial charge in [0.05, 0.1) is 58.0 Å². The van der Waals surface area contributed by atoms with Crippen LogP contribution in [-0.2, 0) is 61.6 Å². The van der Waals surface area contributed by atoms with Crippen LogP contribution in [0, 0.1) is 46.3 Å². The molecule has 7 aliphatic heterocycles. The van der Waals surface area contributed by atoms with Crippen LogP contribution in [0.3, 0.4) is 0 Å². The molecule has 0 amide bonds. The molecule has 3 saturated carbocycles. The number of aliphatic hydroxyl groups excluding tert-OH is 19. The van der Waals surface area contributed by atoms with E-state index in [0.29, 0.717) is 32.1 Å². The lowest BCUT2D eigenvalue weighted by Crippen LogP contribution is -2.68. The van der Waals surface area contributed by atoms with Crippen LogP contribution in [0.2, 0.25) is 0 Å². The number of hydrogen-bond donors (Lipinski definition) is 20. The van der Waals surface area contributed by atoms with Gasteiger partial charge in [0.1, 0.15) is 140 Å². The minimum absolute atomic E-state index is 0.0708. The van der Waals surface area contributed by atoms with Gasteiger partial charge in [-0.25, -0.2) is 0 Å². The minimum atomic E-state index is -2.05. The quantitative estimate of drug-likeness (QED) is 0.0475. The van der Waals surface area contributed by atoms with Crippen LogP contribution in [-0.4, -0.2) is 344 Å². The Hall–Kier alpha value is -1.58. The van der Waals surface area contributed by atoms with Crippen LogP contribution in [0.1, 0.15) is 92.4 Å². The summed E-state index contributed by atoms with van der Waals surface area (Å²) < 4.78 is 78.8. The van der Waals surface area contributed by atoms with Gasteiger partial charge in [0.25, 0.3) is 0 Å². The molecule has 96 heavy (non-hydrogen) atoms. The molecule has 33 nitrogen and oxygen atoms in total. The molecule has 0 aromatic heterocycles. The van der Waals surface area contributed by atoms with Crippen molar-refractivity contribution in [3.8, 4) is 0 Å². The lowest BCUT2D eigenvalue weighted by molar-refractivity contribution is -0.405. The molecule has 4 aliphatic carbocycles.